The molecule has 102 valence electrons. The van der Waals surface area contributed by atoms with Crippen LogP contribution in [-0.4, -0.2) is 19.0 Å². The Hall–Kier alpha value is -1.35. The van der Waals surface area contributed by atoms with E-state index in [4.69, 9.17) is 0 Å². The molecule has 1 aliphatic carbocycles. The van der Waals surface area contributed by atoms with Gasteiger partial charge < -0.3 is 10.6 Å². The smallest absolute Gasteiger partial charge is 0.224 e. The average Bonchev–Trinajstić information content (AvgIpc) is 3.14. The van der Waals surface area contributed by atoms with Crippen LogP contribution in [0, 0.1) is 11.3 Å². The molecule has 3 heteroatoms. The predicted octanol–water partition coefficient (Wildman–Crippen LogP) is 2.25. The van der Waals surface area contributed by atoms with Crippen molar-refractivity contribution in [2.75, 3.05) is 13.1 Å². The van der Waals surface area contributed by atoms with Crippen LogP contribution in [0.5, 0.6) is 0 Å². The molecular weight excluding hydrogens is 236 g/mol. The molecular formula is C16H22N2O. The van der Waals surface area contributed by atoms with Crippen molar-refractivity contribution < 1.29 is 4.79 Å². The van der Waals surface area contributed by atoms with Crippen LogP contribution in [0.3, 0.4) is 0 Å². The molecule has 1 aliphatic heterocycles. The van der Waals surface area contributed by atoms with Crippen molar-refractivity contribution in [1.29, 1.82) is 0 Å². The van der Waals surface area contributed by atoms with Gasteiger partial charge in [0.25, 0.3) is 0 Å². The van der Waals surface area contributed by atoms with Crippen molar-refractivity contribution in [3.63, 3.8) is 0 Å². The number of hydrogen-bond acceptors (Lipinski definition) is 2. The summed E-state index contributed by atoms with van der Waals surface area (Å²) in [6.07, 6.45) is 3.40. The van der Waals surface area contributed by atoms with Crippen LogP contribution in [0.4, 0.5) is 0 Å². The summed E-state index contributed by atoms with van der Waals surface area (Å²) >= 11 is 0. The zero-order valence-corrected chi connectivity index (χ0v) is 11.5. The minimum absolute atomic E-state index is 0.105. The third kappa shape index (κ3) is 2.52. The number of benzene rings is 1. The monoisotopic (exact) mass is 258 g/mol. The maximum atomic E-state index is 12.3. The molecule has 2 atom stereocenters. The summed E-state index contributed by atoms with van der Waals surface area (Å²) in [7, 11) is 0. The lowest BCUT2D eigenvalue weighted by Gasteiger charge is -2.23. The summed E-state index contributed by atoms with van der Waals surface area (Å²) in [6.45, 7) is 4.20. The molecule has 3 rings (SSSR count). The second-order valence-electron chi connectivity index (χ2n) is 6.01. The maximum absolute atomic E-state index is 12.3. The van der Waals surface area contributed by atoms with Gasteiger partial charge in [0.1, 0.15) is 0 Å². The number of piperidine rings is 1. The normalized spacial score (nSPS) is 25.8. The highest BCUT2D eigenvalue weighted by atomic mass is 16.2. The summed E-state index contributed by atoms with van der Waals surface area (Å²) < 4.78 is 0. The lowest BCUT2D eigenvalue weighted by atomic mass is 9.91. The molecule has 1 heterocycles. The van der Waals surface area contributed by atoms with E-state index in [2.05, 4.69) is 29.7 Å². The van der Waals surface area contributed by atoms with Gasteiger partial charge in [-0.15, -0.1) is 0 Å². The largest absolute Gasteiger partial charge is 0.349 e. The fraction of sp³-hybridized carbons (Fsp3) is 0.562. The average molecular weight is 258 g/mol. The third-order valence-corrected chi connectivity index (χ3v) is 4.76. The maximum Gasteiger partial charge on any atom is 0.224 e. The van der Waals surface area contributed by atoms with Crippen LogP contribution in [0.25, 0.3) is 0 Å². The zero-order chi connectivity index (χ0) is 13.3. The molecule has 1 spiro atoms. The topological polar surface area (TPSA) is 41.1 Å². The summed E-state index contributed by atoms with van der Waals surface area (Å²) in [4.78, 5) is 12.3. The van der Waals surface area contributed by atoms with E-state index in [-0.39, 0.29) is 17.9 Å². The van der Waals surface area contributed by atoms with Gasteiger partial charge in [0.2, 0.25) is 5.91 Å². The van der Waals surface area contributed by atoms with E-state index < -0.39 is 0 Å². The first-order valence-corrected chi connectivity index (χ1v) is 7.27. The number of rotatable bonds is 3. The number of carbonyl (C=O) groups is 1. The number of amides is 1. The van der Waals surface area contributed by atoms with Crippen molar-refractivity contribution in [3.05, 3.63) is 35.9 Å². The second-order valence-corrected chi connectivity index (χ2v) is 6.01. The molecule has 2 unspecified atom stereocenters. The van der Waals surface area contributed by atoms with Gasteiger partial charge in [-0.25, -0.2) is 0 Å². The van der Waals surface area contributed by atoms with Gasteiger partial charge in [0.15, 0.2) is 0 Å². The van der Waals surface area contributed by atoms with Crippen LogP contribution in [0.15, 0.2) is 30.3 Å². The molecule has 0 bridgehead atoms. The molecule has 0 aromatic heterocycles. The van der Waals surface area contributed by atoms with Crippen LogP contribution >= 0.6 is 0 Å². The Kier molecular flexibility index (Phi) is 3.31. The Balaban J connectivity index is 1.58. The van der Waals surface area contributed by atoms with E-state index in [1.54, 1.807) is 0 Å². The van der Waals surface area contributed by atoms with Gasteiger partial charge >= 0.3 is 0 Å². The van der Waals surface area contributed by atoms with E-state index in [0.717, 1.165) is 32.4 Å². The summed E-state index contributed by atoms with van der Waals surface area (Å²) in [5.41, 5.74) is 1.50. The molecule has 1 saturated heterocycles. The highest BCUT2D eigenvalue weighted by Crippen LogP contribution is 2.58. The lowest BCUT2D eigenvalue weighted by Crippen LogP contribution is -2.34. The van der Waals surface area contributed by atoms with Crippen LogP contribution in [0.1, 0.15) is 37.8 Å². The van der Waals surface area contributed by atoms with Gasteiger partial charge in [0, 0.05) is 5.92 Å². The Morgan fingerprint density at radius 1 is 1.32 bits per heavy atom. The SMILES string of the molecule is CC(NC(=O)C1CC12CCNCC2)c1ccccc1. The summed E-state index contributed by atoms with van der Waals surface area (Å²) in [5, 5.41) is 6.55. The third-order valence-electron chi connectivity index (χ3n) is 4.76. The summed E-state index contributed by atoms with van der Waals surface area (Å²) in [6, 6.07) is 10.3. The van der Waals surface area contributed by atoms with Crippen molar-refractivity contribution in [2.24, 2.45) is 11.3 Å². The predicted molar refractivity (Wildman–Crippen MR) is 75.6 cm³/mol. The molecule has 2 aliphatic rings. The van der Waals surface area contributed by atoms with Crippen molar-refractivity contribution in [2.45, 2.75) is 32.2 Å². The first-order valence-electron chi connectivity index (χ1n) is 7.27. The van der Waals surface area contributed by atoms with Crippen molar-refractivity contribution in [1.82, 2.24) is 10.6 Å². The number of hydrogen-bond donors (Lipinski definition) is 2. The van der Waals surface area contributed by atoms with Gasteiger partial charge in [0.05, 0.1) is 6.04 Å². The molecule has 1 amide bonds. The molecule has 19 heavy (non-hydrogen) atoms. The number of carbonyl (C=O) groups excluding carboxylic acids is 1. The minimum Gasteiger partial charge on any atom is -0.349 e. The van der Waals surface area contributed by atoms with Crippen LogP contribution in [0.2, 0.25) is 0 Å². The number of nitrogens with one attached hydrogen (secondary N) is 2. The fourth-order valence-corrected chi connectivity index (χ4v) is 3.33. The lowest BCUT2D eigenvalue weighted by molar-refractivity contribution is -0.123. The first kappa shape index (κ1) is 12.7. The molecule has 1 saturated carbocycles. The molecule has 2 fully saturated rings. The minimum atomic E-state index is 0.105. The zero-order valence-electron chi connectivity index (χ0n) is 11.5. The van der Waals surface area contributed by atoms with Gasteiger partial charge in [-0.1, -0.05) is 30.3 Å². The highest BCUT2D eigenvalue weighted by Gasteiger charge is 2.57. The molecule has 3 nitrogen and oxygen atoms in total. The van der Waals surface area contributed by atoms with E-state index in [9.17, 15) is 4.79 Å². The molecule has 0 radical (unpaired) electrons. The van der Waals surface area contributed by atoms with Gasteiger partial charge in [-0.2, -0.15) is 0 Å². The van der Waals surface area contributed by atoms with Crippen LogP contribution in [-0.2, 0) is 4.79 Å². The molecule has 1 aromatic rings. The van der Waals surface area contributed by atoms with E-state index in [0.29, 0.717) is 5.41 Å². The Labute approximate surface area is 114 Å². The van der Waals surface area contributed by atoms with E-state index in [1.807, 2.05) is 18.2 Å². The van der Waals surface area contributed by atoms with Gasteiger partial charge in [-0.3, -0.25) is 4.79 Å². The Morgan fingerprint density at radius 2 is 2.00 bits per heavy atom. The Bertz CT molecular complexity index is 451. The quantitative estimate of drug-likeness (QED) is 0.873. The van der Waals surface area contributed by atoms with Gasteiger partial charge in [-0.05, 0) is 50.3 Å². The standard InChI is InChI=1S/C16H22N2O/c1-12(13-5-3-2-4-6-13)18-15(19)14-11-16(14)7-9-17-10-8-16/h2-6,12,14,17H,7-11H2,1H3,(H,18,19). The second kappa shape index (κ2) is 4.97. The molecule has 2 N–H and O–H groups in total. The van der Waals surface area contributed by atoms with E-state index >= 15 is 0 Å². The fourth-order valence-electron chi connectivity index (χ4n) is 3.33. The summed E-state index contributed by atoms with van der Waals surface area (Å²) in [5.74, 6) is 0.499. The Morgan fingerprint density at radius 3 is 2.68 bits per heavy atom. The first-order chi connectivity index (χ1) is 9.21. The van der Waals surface area contributed by atoms with Crippen molar-refractivity contribution >= 4 is 5.91 Å². The highest BCUT2D eigenvalue weighted by molar-refractivity contribution is 5.83. The van der Waals surface area contributed by atoms with E-state index in [1.165, 1.54) is 5.56 Å². The van der Waals surface area contributed by atoms with Crippen molar-refractivity contribution in [3.8, 4) is 0 Å². The van der Waals surface area contributed by atoms with Crippen LogP contribution < -0.4 is 10.6 Å². The molecule has 1 aromatic carbocycles.